The summed E-state index contributed by atoms with van der Waals surface area (Å²) in [6.07, 6.45) is 3.66. The number of benzene rings is 1. The highest BCUT2D eigenvalue weighted by molar-refractivity contribution is 6.43. The van der Waals surface area contributed by atoms with Gasteiger partial charge in [-0.3, -0.25) is 14.4 Å². The number of ether oxygens (including phenoxy) is 1. The first kappa shape index (κ1) is 15.5. The van der Waals surface area contributed by atoms with Crippen molar-refractivity contribution in [3.05, 3.63) is 51.7 Å². The van der Waals surface area contributed by atoms with Crippen LogP contribution < -0.4 is 0 Å². The van der Waals surface area contributed by atoms with Gasteiger partial charge in [0.25, 0.3) is 0 Å². The van der Waals surface area contributed by atoms with Crippen LogP contribution >= 0.6 is 23.2 Å². The van der Waals surface area contributed by atoms with Gasteiger partial charge in [0.1, 0.15) is 5.76 Å². The molecule has 0 N–H and O–H groups in total. The molecule has 1 heterocycles. The van der Waals surface area contributed by atoms with Crippen molar-refractivity contribution in [1.82, 2.24) is 0 Å². The number of hydrogen-bond acceptors (Lipinski definition) is 4. The summed E-state index contributed by atoms with van der Waals surface area (Å²) in [6.45, 7) is 1.47. The van der Waals surface area contributed by atoms with Crippen LogP contribution in [0.5, 0.6) is 0 Å². The highest BCUT2D eigenvalue weighted by Gasteiger charge is 2.36. The molecule has 1 aromatic rings. The van der Waals surface area contributed by atoms with Gasteiger partial charge in [0.2, 0.25) is 0 Å². The van der Waals surface area contributed by atoms with Crippen molar-refractivity contribution in [3.8, 4) is 0 Å². The first-order valence-electron chi connectivity index (χ1n) is 6.00. The molecular formula is C15H10Cl2O4. The highest BCUT2D eigenvalue weighted by Crippen LogP contribution is 2.26. The quantitative estimate of drug-likeness (QED) is 0.486. The summed E-state index contributed by atoms with van der Waals surface area (Å²) in [7, 11) is 0. The number of esters is 1. The number of ketones is 2. The second-order valence-corrected chi connectivity index (χ2v) is 5.18. The van der Waals surface area contributed by atoms with Crippen molar-refractivity contribution >= 4 is 46.8 Å². The Morgan fingerprint density at radius 3 is 2.67 bits per heavy atom. The van der Waals surface area contributed by atoms with Crippen LogP contribution in [0, 0.1) is 5.92 Å². The average molecular weight is 325 g/mol. The number of hydrogen-bond donors (Lipinski definition) is 0. The summed E-state index contributed by atoms with van der Waals surface area (Å²) in [5, 5.41) is 0.634. The van der Waals surface area contributed by atoms with Crippen LogP contribution in [0.2, 0.25) is 10.0 Å². The van der Waals surface area contributed by atoms with E-state index in [0.29, 0.717) is 10.6 Å². The fraction of sp³-hybridized carbons (Fsp3) is 0.133. The van der Waals surface area contributed by atoms with Crippen LogP contribution in [0.25, 0.3) is 6.08 Å². The van der Waals surface area contributed by atoms with Crippen molar-refractivity contribution in [2.24, 2.45) is 5.92 Å². The van der Waals surface area contributed by atoms with Crippen molar-refractivity contribution in [1.29, 1.82) is 0 Å². The largest absolute Gasteiger partial charge is 0.430 e. The van der Waals surface area contributed by atoms with E-state index in [-0.39, 0.29) is 10.8 Å². The van der Waals surface area contributed by atoms with Crippen molar-refractivity contribution < 1.29 is 19.1 Å². The highest BCUT2D eigenvalue weighted by atomic mass is 35.5. The minimum absolute atomic E-state index is 0.177. The normalized spacial score (nSPS) is 18.6. The zero-order chi connectivity index (χ0) is 15.6. The lowest BCUT2D eigenvalue weighted by molar-refractivity contribution is -0.151. The van der Waals surface area contributed by atoms with Gasteiger partial charge in [-0.2, -0.15) is 0 Å². The molecule has 0 fully saturated rings. The number of halogens is 2. The van der Waals surface area contributed by atoms with Crippen molar-refractivity contribution in [2.45, 2.75) is 6.92 Å². The van der Waals surface area contributed by atoms with Gasteiger partial charge >= 0.3 is 5.97 Å². The van der Waals surface area contributed by atoms with Crippen LogP contribution in [0.15, 0.2) is 36.1 Å². The summed E-state index contributed by atoms with van der Waals surface area (Å²) in [4.78, 5) is 35.3. The lowest BCUT2D eigenvalue weighted by Crippen LogP contribution is -2.34. The summed E-state index contributed by atoms with van der Waals surface area (Å²) < 4.78 is 4.78. The molecule has 0 spiro atoms. The van der Waals surface area contributed by atoms with Gasteiger partial charge in [-0.05, 0) is 30.7 Å². The molecule has 0 bridgehead atoms. The third kappa shape index (κ3) is 3.40. The van der Waals surface area contributed by atoms with Crippen LogP contribution in [0.4, 0.5) is 0 Å². The van der Waals surface area contributed by atoms with E-state index in [1.54, 1.807) is 18.2 Å². The molecule has 4 nitrogen and oxygen atoms in total. The molecule has 0 saturated carbocycles. The molecule has 1 aliphatic heterocycles. The lowest BCUT2D eigenvalue weighted by Gasteiger charge is -2.15. The second kappa shape index (κ2) is 6.24. The van der Waals surface area contributed by atoms with Crippen LogP contribution in [-0.4, -0.2) is 17.5 Å². The van der Waals surface area contributed by atoms with E-state index >= 15 is 0 Å². The Hall–Kier alpha value is -1.91. The van der Waals surface area contributed by atoms with E-state index < -0.39 is 23.5 Å². The molecule has 2 rings (SSSR count). The SMILES string of the molecule is CC1=CC(=O)C(C(=O)C=Cc2cccc(Cl)c2Cl)C(=O)O1. The van der Waals surface area contributed by atoms with E-state index in [9.17, 15) is 14.4 Å². The van der Waals surface area contributed by atoms with E-state index in [1.165, 1.54) is 13.0 Å². The van der Waals surface area contributed by atoms with Crippen molar-refractivity contribution in [2.75, 3.05) is 0 Å². The molecule has 0 radical (unpaired) electrons. The molecular weight excluding hydrogens is 315 g/mol. The van der Waals surface area contributed by atoms with Gasteiger partial charge in [-0.1, -0.05) is 35.3 Å². The van der Waals surface area contributed by atoms with E-state index in [4.69, 9.17) is 27.9 Å². The van der Waals surface area contributed by atoms with E-state index in [2.05, 4.69) is 0 Å². The second-order valence-electron chi connectivity index (χ2n) is 4.39. The maximum Gasteiger partial charge on any atom is 0.329 e. The number of allylic oxidation sites excluding steroid dienone is 3. The van der Waals surface area contributed by atoms with Crippen LogP contribution in [0.3, 0.4) is 0 Å². The Balaban J connectivity index is 2.22. The monoisotopic (exact) mass is 324 g/mol. The van der Waals surface area contributed by atoms with Gasteiger partial charge in [-0.25, -0.2) is 0 Å². The lowest BCUT2D eigenvalue weighted by atomic mass is 9.96. The molecule has 0 aromatic heterocycles. The van der Waals surface area contributed by atoms with Crippen LogP contribution in [0.1, 0.15) is 12.5 Å². The molecule has 1 atom stereocenters. The minimum atomic E-state index is -1.46. The molecule has 6 heteroatoms. The van der Waals surface area contributed by atoms with E-state index in [0.717, 1.165) is 12.2 Å². The smallest absolute Gasteiger partial charge is 0.329 e. The van der Waals surface area contributed by atoms with Gasteiger partial charge in [0, 0.05) is 6.08 Å². The van der Waals surface area contributed by atoms with E-state index in [1.807, 2.05) is 0 Å². The fourth-order valence-electron chi connectivity index (χ4n) is 1.82. The minimum Gasteiger partial charge on any atom is -0.430 e. The topological polar surface area (TPSA) is 60.4 Å². The summed E-state index contributed by atoms with van der Waals surface area (Å²) in [5.41, 5.74) is 0.515. The summed E-state index contributed by atoms with van der Waals surface area (Å²) in [6, 6.07) is 4.94. The number of cyclic esters (lactones) is 1. The molecule has 108 valence electrons. The predicted molar refractivity (Wildman–Crippen MR) is 78.8 cm³/mol. The summed E-state index contributed by atoms with van der Waals surface area (Å²) in [5.74, 6) is -3.40. The zero-order valence-electron chi connectivity index (χ0n) is 10.9. The Morgan fingerprint density at radius 2 is 2.00 bits per heavy atom. The number of carbonyl (C=O) groups is 3. The average Bonchev–Trinajstić information content (AvgIpc) is 2.39. The first-order valence-corrected chi connectivity index (χ1v) is 6.75. The standard InChI is InChI=1S/C15H10Cl2O4/c1-8-7-12(19)13(15(20)21-8)11(18)6-5-9-3-2-4-10(16)14(9)17/h2-7,13H,1H3. The Bertz CT molecular complexity index is 689. The van der Waals surface area contributed by atoms with Crippen molar-refractivity contribution in [3.63, 3.8) is 0 Å². The third-order valence-electron chi connectivity index (χ3n) is 2.82. The molecule has 0 amide bonds. The molecule has 0 saturated heterocycles. The molecule has 21 heavy (non-hydrogen) atoms. The Morgan fingerprint density at radius 1 is 1.29 bits per heavy atom. The predicted octanol–water partition coefficient (Wildman–Crippen LogP) is 3.22. The maximum absolute atomic E-state index is 12.0. The third-order valence-corrected chi connectivity index (χ3v) is 3.65. The molecule has 1 unspecified atom stereocenters. The zero-order valence-corrected chi connectivity index (χ0v) is 12.4. The first-order chi connectivity index (χ1) is 9.90. The number of rotatable bonds is 3. The Kier molecular flexibility index (Phi) is 4.60. The van der Waals surface area contributed by atoms with Gasteiger partial charge < -0.3 is 4.74 Å². The molecule has 1 aromatic carbocycles. The molecule has 0 aliphatic carbocycles. The fourth-order valence-corrected chi connectivity index (χ4v) is 2.19. The maximum atomic E-state index is 12.0. The number of carbonyl (C=O) groups excluding carboxylic acids is 3. The molecule has 1 aliphatic rings. The van der Waals surface area contributed by atoms with Crippen LogP contribution in [-0.2, 0) is 19.1 Å². The van der Waals surface area contributed by atoms with Gasteiger partial charge in [0.05, 0.1) is 10.0 Å². The Labute approximate surface area is 131 Å². The summed E-state index contributed by atoms with van der Waals surface area (Å²) >= 11 is 11.8. The van der Waals surface area contributed by atoms with Gasteiger partial charge in [-0.15, -0.1) is 0 Å². The van der Waals surface area contributed by atoms with Gasteiger partial charge in [0.15, 0.2) is 17.5 Å².